The molecule has 40 heavy (non-hydrogen) atoms. The highest BCUT2D eigenvalue weighted by Gasteiger charge is 2.28. The summed E-state index contributed by atoms with van der Waals surface area (Å²) in [6.07, 6.45) is 1.16. The van der Waals surface area contributed by atoms with Crippen LogP contribution in [0.5, 0.6) is 0 Å². The lowest BCUT2D eigenvalue weighted by atomic mass is 10.0. The van der Waals surface area contributed by atoms with Gasteiger partial charge >= 0.3 is 6.09 Å². The Labute approximate surface area is 246 Å². The van der Waals surface area contributed by atoms with Gasteiger partial charge in [-0.3, -0.25) is 4.57 Å². The van der Waals surface area contributed by atoms with Gasteiger partial charge in [0.15, 0.2) is 6.23 Å². The molecule has 3 heterocycles. The summed E-state index contributed by atoms with van der Waals surface area (Å²) in [6, 6.07) is 14.3. The van der Waals surface area contributed by atoms with Crippen molar-refractivity contribution in [3.63, 3.8) is 0 Å². The number of likely N-dealkylation sites (tertiary alicyclic amines) is 1. The number of hydrogen-bond donors (Lipinski definition) is 2. The Kier molecular flexibility index (Phi) is 10.1. The van der Waals surface area contributed by atoms with E-state index in [1.165, 1.54) is 0 Å². The first-order chi connectivity index (χ1) is 19.0. The second-order valence-corrected chi connectivity index (χ2v) is 12.5. The van der Waals surface area contributed by atoms with Crippen LogP contribution in [0.2, 0.25) is 0 Å². The zero-order valence-electron chi connectivity index (χ0n) is 24.5. The van der Waals surface area contributed by atoms with E-state index in [1.54, 1.807) is 0 Å². The summed E-state index contributed by atoms with van der Waals surface area (Å²) < 4.78 is 14.6. The van der Waals surface area contributed by atoms with Gasteiger partial charge in [-0.25, -0.2) is 14.8 Å². The number of piperidine rings is 1. The number of halogens is 1. The highest BCUT2D eigenvalue weighted by atomic mass is 79.9. The normalized spacial score (nSPS) is 16.7. The van der Waals surface area contributed by atoms with Crippen molar-refractivity contribution in [2.24, 2.45) is 5.92 Å². The molecule has 1 aromatic carbocycles. The highest BCUT2D eigenvalue weighted by Crippen LogP contribution is 2.31. The Morgan fingerprint density at radius 2 is 1.82 bits per heavy atom. The number of para-hydroxylation sites is 2. The molecular formula is C30H43BrN6O3. The number of nitrogens with one attached hydrogen (secondary N) is 2. The summed E-state index contributed by atoms with van der Waals surface area (Å²) in [7, 11) is 0. The fourth-order valence-corrected chi connectivity index (χ4v) is 5.36. The smallest absolute Gasteiger partial charge is 0.407 e. The first-order valence-corrected chi connectivity index (χ1v) is 15.0. The van der Waals surface area contributed by atoms with Gasteiger partial charge in [-0.2, -0.15) is 0 Å². The number of alkyl carbamates (subject to hydrolysis) is 1. The Morgan fingerprint density at radius 3 is 2.48 bits per heavy atom. The predicted octanol–water partition coefficient (Wildman–Crippen LogP) is 6.20. The van der Waals surface area contributed by atoms with Crippen LogP contribution in [-0.2, 0) is 9.47 Å². The Hall–Kier alpha value is -2.69. The number of nitrogens with zero attached hydrogens (tertiary/aromatic N) is 4. The topological polar surface area (TPSA) is 93.5 Å². The molecule has 1 saturated heterocycles. The van der Waals surface area contributed by atoms with E-state index in [9.17, 15) is 4.79 Å². The predicted molar refractivity (Wildman–Crippen MR) is 163 cm³/mol. The number of carbonyl (C=O) groups excluding carboxylic acids is 1. The van der Waals surface area contributed by atoms with Gasteiger partial charge in [-0.1, -0.05) is 32.0 Å². The number of carbonyl (C=O) groups is 1. The Bertz CT molecular complexity index is 1270. The van der Waals surface area contributed by atoms with E-state index in [0.717, 1.165) is 59.8 Å². The van der Waals surface area contributed by atoms with Gasteiger partial charge in [-0.05, 0) is 86.6 Å². The lowest BCUT2D eigenvalue weighted by Crippen LogP contribution is -2.50. The molecule has 9 nitrogen and oxygen atoms in total. The quantitative estimate of drug-likeness (QED) is 0.262. The molecule has 3 aromatic rings. The first-order valence-electron chi connectivity index (χ1n) is 14.2. The molecule has 0 aliphatic carbocycles. The Balaban J connectivity index is 1.46. The average Bonchev–Trinajstić information content (AvgIpc) is 3.24. The number of aromatic nitrogens is 3. The molecule has 2 aromatic heterocycles. The van der Waals surface area contributed by atoms with Crippen LogP contribution in [0.3, 0.4) is 0 Å². The summed E-state index contributed by atoms with van der Waals surface area (Å²) >= 11 is 3.51. The zero-order valence-corrected chi connectivity index (χ0v) is 26.1. The van der Waals surface area contributed by atoms with Crippen LogP contribution in [-0.4, -0.2) is 69.5 Å². The SMILES string of the molecule is CCOC(c1cccc(Br)n1)n1c(NC2CCN(CC(NC(=O)OC(C)(C)C)C(C)C)CC2)nc2ccccc21. The lowest BCUT2D eigenvalue weighted by molar-refractivity contribution is 0.0418. The van der Waals surface area contributed by atoms with Crippen molar-refractivity contribution in [3.05, 3.63) is 52.8 Å². The monoisotopic (exact) mass is 614 g/mol. The number of hydrogen-bond acceptors (Lipinski definition) is 7. The van der Waals surface area contributed by atoms with Crippen LogP contribution in [0, 0.1) is 5.92 Å². The standard InChI is InChI=1S/C30H43BrN6O3/c1-7-39-27(23-12-10-14-26(31)33-23)37-25-13-9-8-11-22(25)34-28(37)32-21-15-17-36(18-16-21)19-24(20(2)3)35-29(38)40-30(4,5)6/h8-14,20-21,24,27H,7,15-19H2,1-6H3,(H,32,34)(H,35,38). The van der Waals surface area contributed by atoms with Gasteiger partial charge in [0.25, 0.3) is 0 Å². The summed E-state index contributed by atoms with van der Waals surface area (Å²) in [6.45, 7) is 15.1. The number of anilines is 1. The van der Waals surface area contributed by atoms with Gasteiger partial charge in [-0.15, -0.1) is 0 Å². The number of ether oxygens (including phenoxy) is 2. The minimum absolute atomic E-state index is 0.0215. The minimum atomic E-state index is -0.514. The highest BCUT2D eigenvalue weighted by molar-refractivity contribution is 9.10. The molecule has 0 bridgehead atoms. The molecule has 0 spiro atoms. The molecule has 1 amide bonds. The average molecular weight is 616 g/mol. The lowest BCUT2D eigenvalue weighted by Gasteiger charge is -2.36. The van der Waals surface area contributed by atoms with Crippen molar-refractivity contribution >= 4 is 39.0 Å². The van der Waals surface area contributed by atoms with E-state index in [4.69, 9.17) is 19.4 Å². The van der Waals surface area contributed by atoms with Gasteiger partial charge in [0.2, 0.25) is 5.95 Å². The van der Waals surface area contributed by atoms with E-state index in [2.05, 4.69) is 55.9 Å². The van der Waals surface area contributed by atoms with E-state index in [-0.39, 0.29) is 18.2 Å². The fraction of sp³-hybridized carbons (Fsp3) is 0.567. The van der Waals surface area contributed by atoms with Crippen LogP contribution in [0.4, 0.5) is 10.7 Å². The molecule has 1 fully saturated rings. The first kappa shape index (κ1) is 30.3. The van der Waals surface area contributed by atoms with Crippen molar-refractivity contribution in [3.8, 4) is 0 Å². The Morgan fingerprint density at radius 1 is 1.10 bits per heavy atom. The van der Waals surface area contributed by atoms with Crippen molar-refractivity contribution in [2.45, 2.75) is 78.3 Å². The molecule has 1 aliphatic rings. The number of benzene rings is 1. The summed E-state index contributed by atoms with van der Waals surface area (Å²) in [5.41, 5.74) is 2.21. The molecule has 2 unspecified atom stereocenters. The fourth-order valence-electron chi connectivity index (χ4n) is 5.00. The van der Waals surface area contributed by atoms with Crippen LogP contribution in [0.1, 0.15) is 66.3 Å². The van der Waals surface area contributed by atoms with Crippen LogP contribution < -0.4 is 10.6 Å². The zero-order chi connectivity index (χ0) is 28.9. The van der Waals surface area contributed by atoms with Crippen molar-refractivity contribution in [1.29, 1.82) is 0 Å². The molecule has 0 radical (unpaired) electrons. The molecule has 4 rings (SSSR count). The number of fused-ring (bicyclic) bond motifs is 1. The van der Waals surface area contributed by atoms with Crippen molar-refractivity contribution < 1.29 is 14.3 Å². The molecule has 2 N–H and O–H groups in total. The molecule has 0 saturated carbocycles. The third-order valence-corrected chi connectivity index (χ3v) is 7.47. The summed E-state index contributed by atoms with van der Waals surface area (Å²) in [5, 5.41) is 6.82. The van der Waals surface area contributed by atoms with E-state index in [1.807, 2.05) is 64.1 Å². The largest absolute Gasteiger partial charge is 0.444 e. The third-order valence-electron chi connectivity index (χ3n) is 7.03. The minimum Gasteiger partial charge on any atom is -0.444 e. The number of imidazole rings is 1. The maximum absolute atomic E-state index is 12.4. The van der Waals surface area contributed by atoms with Gasteiger partial charge < -0.3 is 25.0 Å². The second kappa shape index (κ2) is 13.3. The van der Waals surface area contributed by atoms with Crippen LogP contribution in [0.15, 0.2) is 47.1 Å². The number of amides is 1. The molecular weight excluding hydrogens is 572 g/mol. The number of pyridine rings is 1. The van der Waals surface area contributed by atoms with E-state index < -0.39 is 11.8 Å². The maximum atomic E-state index is 12.4. The summed E-state index contributed by atoms with van der Waals surface area (Å²) in [5.74, 6) is 1.08. The third kappa shape index (κ3) is 7.95. The summed E-state index contributed by atoms with van der Waals surface area (Å²) in [4.78, 5) is 24.5. The van der Waals surface area contributed by atoms with Gasteiger partial charge in [0, 0.05) is 38.3 Å². The second-order valence-electron chi connectivity index (χ2n) is 11.7. The molecule has 10 heteroatoms. The maximum Gasteiger partial charge on any atom is 0.407 e. The van der Waals surface area contributed by atoms with Gasteiger partial charge in [0.05, 0.1) is 16.7 Å². The van der Waals surface area contributed by atoms with Gasteiger partial charge in [0.1, 0.15) is 10.2 Å². The molecule has 1 aliphatic heterocycles. The van der Waals surface area contributed by atoms with E-state index in [0.29, 0.717) is 12.5 Å². The molecule has 2 atom stereocenters. The van der Waals surface area contributed by atoms with E-state index >= 15 is 0 Å². The van der Waals surface area contributed by atoms with Crippen LogP contribution in [0.25, 0.3) is 11.0 Å². The number of rotatable bonds is 10. The molecule has 218 valence electrons. The van der Waals surface area contributed by atoms with Crippen molar-refractivity contribution in [1.82, 2.24) is 24.8 Å². The van der Waals surface area contributed by atoms with Crippen molar-refractivity contribution in [2.75, 3.05) is 31.6 Å². The van der Waals surface area contributed by atoms with Crippen LogP contribution >= 0.6 is 15.9 Å².